The molecular weight excluding hydrogens is 400 g/mol. The van der Waals surface area contributed by atoms with E-state index < -0.39 is 0 Å². The van der Waals surface area contributed by atoms with Gasteiger partial charge in [0.05, 0.1) is 13.7 Å². The van der Waals surface area contributed by atoms with Crippen LogP contribution < -0.4 is 9.47 Å². The van der Waals surface area contributed by atoms with Crippen molar-refractivity contribution in [2.75, 3.05) is 40.0 Å². The SMILES string of the molecule is CCOC(=O)N1CCC(N2CCOc3c(cc(-c4ccc(C)s4)cc3OC)C2)CC1. The second-order valence-electron chi connectivity index (χ2n) is 7.81. The smallest absolute Gasteiger partial charge is 0.409 e. The minimum absolute atomic E-state index is 0.193. The first-order valence-corrected chi connectivity index (χ1v) is 11.5. The van der Waals surface area contributed by atoms with E-state index in [1.54, 1.807) is 18.4 Å². The lowest BCUT2D eigenvalue weighted by Gasteiger charge is -2.37. The molecule has 2 aromatic rings. The highest BCUT2D eigenvalue weighted by Crippen LogP contribution is 2.40. The summed E-state index contributed by atoms with van der Waals surface area (Å²) in [4.78, 5) is 18.9. The molecule has 1 amide bonds. The van der Waals surface area contributed by atoms with E-state index in [0.717, 1.165) is 50.5 Å². The molecule has 0 unspecified atom stereocenters. The van der Waals surface area contributed by atoms with Crippen molar-refractivity contribution in [3.05, 3.63) is 34.7 Å². The summed E-state index contributed by atoms with van der Waals surface area (Å²) >= 11 is 1.79. The number of amides is 1. The number of rotatable bonds is 4. The number of nitrogens with zero attached hydrogens (tertiary/aromatic N) is 2. The third-order valence-corrected chi connectivity index (χ3v) is 6.93. The molecule has 7 heteroatoms. The maximum atomic E-state index is 12.0. The lowest BCUT2D eigenvalue weighted by Crippen LogP contribution is -2.47. The van der Waals surface area contributed by atoms with Gasteiger partial charge in [0.1, 0.15) is 6.61 Å². The highest BCUT2D eigenvalue weighted by Gasteiger charge is 2.30. The highest BCUT2D eigenvalue weighted by atomic mass is 32.1. The predicted octanol–water partition coefficient (Wildman–Crippen LogP) is 4.55. The molecule has 0 atom stereocenters. The largest absolute Gasteiger partial charge is 0.493 e. The van der Waals surface area contributed by atoms with Gasteiger partial charge in [0, 0.05) is 47.5 Å². The fraction of sp³-hybridized carbons (Fsp3) is 0.522. The molecule has 4 rings (SSSR count). The number of ether oxygens (including phenoxy) is 3. The maximum absolute atomic E-state index is 12.0. The van der Waals surface area contributed by atoms with Gasteiger partial charge in [-0.2, -0.15) is 0 Å². The van der Waals surface area contributed by atoms with Crippen molar-refractivity contribution < 1.29 is 19.0 Å². The molecule has 3 heterocycles. The van der Waals surface area contributed by atoms with E-state index in [1.165, 1.54) is 20.9 Å². The number of aryl methyl sites for hydroxylation is 1. The van der Waals surface area contributed by atoms with E-state index >= 15 is 0 Å². The summed E-state index contributed by atoms with van der Waals surface area (Å²) in [6, 6.07) is 9.08. The molecule has 0 aliphatic carbocycles. The third-order valence-electron chi connectivity index (χ3n) is 5.88. The average Bonchev–Trinajstić information content (AvgIpc) is 3.08. The zero-order valence-electron chi connectivity index (χ0n) is 18.0. The molecule has 0 radical (unpaired) electrons. The number of carbonyl (C=O) groups excluding carboxylic acids is 1. The van der Waals surface area contributed by atoms with Crippen LogP contribution in [0.1, 0.15) is 30.2 Å². The Labute approximate surface area is 182 Å². The van der Waals surface area contributed by atoms with Crippen molar-refractivity contribution in [3.8, 4) is 21.9 Å². The van der Waals surface area contributed by atoms with Crippen molar-refractivity contribution in [1.29, 1.82) is 0 Å². The first-order chi connectivity index (χ1) is 14.6. The lowest BCUT2D eigenvalue weighted by atomic mass is 10.0. The molecular formula is C23H30N2O4S. The number of thiophene rings is 1. The van der Waals surface area contributed by atoms with Gasteiger partial charge in [-0.05, 0) is 56.5 Å². The van der Waals surface area contributed by atoms with Crippen LogP contribution in [0.5, 0.6) is 11.5 Å². The zero-order chi connectivity index (χ0) is 21.1. The number of hydrogen-bond acceptors (Lipinski definition) is 6. The number of hydrogen-bond donors (Lipinski definition) is 0. The van der Waals surface area contributed by atoms with E-state index in [9.17, 15) is 4.79 Å². The molecule has 6 nitrogen and oxygen atoms in total. The van der Waals surface area contributed by atoms with Crippen molar-refractivity contribution in [2.45, 2.75) is 39.3 Å². The fourth-order valence-electron chi connectivity index (χ4n) is 4.33. The molecule has 162 valence electrons. The molecule has 2 aliphatic rings. The van der Waals surface area contributed by atoms with Gasteiger partial charge >= 0.3 is 6.09 Å². The van der Waals surface area contributed by atoms with Crippen LogP contribution >= 0.6 is 11.3 Å². The van der Waals surface area contributed by atoms with Gasteiger partial charge in [-0.15, -0.1) is 11.3 Å². The standard InChI is InChI=1S/C23H30N2O4S/c1-4-28-23(26)24-9-7-19(8-10-24)25-11-12-29-22-18(15-25)13-17(14-20(22)27-3)21-6-5-16(2)30-21/h5-6,13-14,19H,4,7-12,15H2,1-3H3. The Hall–Kier alpha value is -2.25. The number of fused-ring (bicyclic) bond motifs is 1. The number of likely N-dealkylation sites (tertiary alicyclic amines) is 1. The summed E-state index contributed by atoms with van der Waals surface area (Å²) in [6.07, 6.45) is 1.71. The van der Waals surface area contributed by atoms with Gasteiger partial charge in [-0.1, -0.05) is 0 Å². The van der Waals surface area contributed by atoms with Crippen LogP contribution in [0.15, 0.2) is 24.3 Å². The third kappa shape index (κ3) is 4.42. The Bertz CT molecular complexity index is 889. The van der Waals surface area contributed by atoms with Crippen LogP contribution in [0.25, 0.3) is 10.4 Å². The molecule has 0 saturated carbocycles. The summed E-state index contributed by atoms with van der Waals surface area (Å²) in [5.74, 6) is 1.66. The predicted molar refractivity (Wildman–Crippen MR) is 119 cm³/mol. The lowest BCUT2D eigenvalue weighted by molar-refractivity contribution is 0.0704. The summed E-state index contributed by atoms with van der Waals surface area (Å²) in [6.45, 7) is 8.22. The van der Waals surface area contributed by atoms with Gasteiger partial charge in [-0.3, -0.25) is 4.90 Å². The van der Waals surface area contributed by atoms with E-state index in [1.807, 2.05) is 11.8 Å². The molecule has 1 fully saturated rings. The van der Waals surface area contributed by atoms with Crippen LogP contribution in [-0.2, 0) is 11.3 Å². The number of carbonyl (C=O) groups is 1. The molecule has 2 aliphatic heterocycles. The monoisotopic (exact) mass is 430 g/mol. The van der Waals surface area contributed by atoms with Gasteiger partial charge < -0.3 is 19.1 Å². The Morgan fingerprint density at radius 3 is 2.70 bits per heavy atom. The van der Waals surface area contributed by atoms with Crippen molar-refractivity contribution in [3.63, 3.8) is 0 Å². The zero-order valence-corrected chi connectivity index (χ0v) is 18.8. The first-order valence-electron chi connectivity index (χ1n) is 10.6. The quantitative estimate of drug-likeness (QED) is 0.712. The van der Waals surface area contributed by atoms with Crippen LogP contribution in [-0.4, -0.2) is 61.9 Å². The minimum atomic E-state index is -0.193. The van der Waals surface area contributed by atoms with Crippen molar-refractivity contribution in [1.82, 2.24) is 9.80 Å². The van der Waals surface area contributed by atoms with Crippen LogP contribution in [0.3, 0.4) is 0 Å². The number of methoxy groups -OCH3 is 1. The average molecular weight is 431 g/mol. The summed E-state index contributed by atoms with van der Waals surface area (Å²) < 4.78 is 17.0. The Morgan fingerprint density at radius 1 is 1.23 bits per heavy atom. The maximum Gasteiger partial charge on any atom is 0.409 e. The topological polar surface area (TPSA) is 51.2 Å². The molecule has 30 heavy (non-hydrogen) atoms. The van der Waals surface area contributed by atoms with E-state index in [4.69, 9.17) is 14.2 Å². The molecule has 0 N–H and O–H groups in total. The molecule has 0 spiro atoms. The van der Waals surface area contributed by atoms with Crippen LogP contribution in [0, 0.1) is 6.92 Å². The Balaban J connectivity index is 1.52. The first kappa shape index (κ1) is 21.0. The van der Waals surface area contributed by atoms with E-state index in [-0.39, 0.29) is 6.09 Å². The molecule has 1 aromatic heterocycles. The second-order valence-corrected chi connectivity index (χ2v) is 9.10. The van der Waals surface area contributed by atoms with Gasteiger partial charge in [0.15, 0.2) is 11.5 Å². The Morgan fingerprint density at radius 2 is 2.03 bits per heavy atom. The molecule has 1 saturated heterocycles. The summed E-state index contributed by atoms with van der Waals surface area (Å²) in [7, 11) is 1.70. The Kier molecular flexibility index (Phi) is 6.49. The number of piperidine rings is 1. The van der Waals surface area contributed by atoms with Crippen molar-refractivity contribution >= 4 is 17.4 Å². The summed E-state index contributed by atoms with van der Waals surface area (Å²) in [5, 5.41) is 0. The van der Waals surface area contributed by atoms with E-state index in [2.05, 4.69) is 36.1 Å². The molecule has 1 aromatic carbocycles. The minimum Gasteiger partial charge on any atom is -0.493 e. The van der Waals surface area contributed by atoms with Crippen LogP contribution in [0.4, 0.5) is 4.79 Å². The van der Waals surface area contributed by atoms with Crippen molar-refractivity contribution in [2.24, 2.45) is 0 Å². The second kappa shape index (κ2) is 9.27. The van der Waals surface area contributed by atoms with Gasteiger partial charge in [-0.25, -0.2) is 4.79 Å². The van der Waals surface area contributed by atoms with E-state index in [0.29, 0.717) is 19.3 Å². The van der Waals surface area contributed by atoms with Crippen LogP contribution in [0.2, 0.25) is 0 Å². The van der Waals surface area contributed by atoms with Gasteiger partial charge in [0.2, 0.25) is 0 Å². The normalized spacial score (nSPS) is 17.8. The summed E-state index contributed by atoms with van der Waals surface area (Å²) in [5.41, 5.74) is 2.34. The fourth-order valence-corrected chi connectivity index (χ4v) is 5.18. The highest BCUT2D eigenvalue weighted by molar-refractivity contribution is 7.15. The van der Waals surface area contributed by atoms with Gasteiger partial charge in [0.25, 0.3) is 0 Å². The molecule has 0 bridgehead atoms. The number of benzene rings is 1.